The first-order valence-corrected chi connectivity index (χ1v) is 9.38. The molecule has 3 aromatic rings. The average molecular weight is 388 g/mol. The van der Waals surface area contributed by atoms with Crippen molar-refractivity contribution >= 4 is 12.0 Å². The molecule has 0 aliphatic rings. The number of amides is 1. The van der Waals surface area contributed by atoms with Crippen LogP contribution in [0.2, 0.25) is 0 Å². The van der Waals surface area contributed by atoms with Crippen molar-refractivity contribution < 1.29 is 14.3 Å². The Morgan fingerprint density at radius 2 is 1.72 bits per heavy atom. The summed E-state index contributed by atoms with van der Waals surface area (Å²) >= 11 is 0. The van der Waals surface area contributed by atoms with Gasteiger partial charge in [0.1, 0.15) is 12.4 Å². The van der Waals surface area contributed by atoms with Crippen molar-refractivity contribution in [2.75, 3.05) is 7.11 Å². The summed E-state index contributed by atoms with van der Waals surface area (Å²) < 4.78 is 10.8. The molecule has 1 aromatic heterocycles. The minimum absolute atomic E-state index is 0.138. The quantitative estimate of drug-likeness (QED) is 0.560. The normalized spacial score (nSPS) is 10.8. The van der Waals surface area contributed by atoms with Crippen molar-refractivity contribution in [3.05, 3.63) is 101 Å². The minimum Gasteiger partial charge on any atom is -0.487 e. The van der Waals surface area contributed by atoms with Crippen molar-refractivity contribution in [3.63, 3.8) is 0 Å². The molecule has 3 rings (SSSR count). The number of benzene rings is 2. The van der Waals surface area contributed by atoms with Gasteiger partial charge in [-0.1, -0.05) is 42.5 Å². The number of carbonyl (C=O) groups excluding carboxylic acids is 1. The number of pyridine rings is 1. The number of aromatic nitrogens is 1. The molecule has 29 heavy (non-hydrogen) atoms. The van der Waals surface area contributed by atoms with Crippen LogP contribution in [0.3, 0.4) is 0 Å². The molecule has 5 nitrogen and oxygen atoms in total. The fraction of sp³-hybridized carbons (Fsp3) is 0.167. The van der Waals surface area contributed by atoms with Gasteiger partial charge in [0.2, 0.25) is 5.91 Å². The van der Waals surface area contributed by atoms with Crippen LogP contribution >= 0.6 is 0 Å². The van der Waals surface area contributed by atoms with E-state index in [1.165, 1.54) is 6.08 Å². The van der Waals surface area contributed by atoms with Crippen LogP contribution in [0.4, 0.5) is 0 Å². The Hall–Kier alpha value is -3.44. The second-order valence-electron chi connectivity index (χ2n) is 6.48. The molecule has 0 saturated heterocycles. The Kier molecular flexibility index (Phi) is 7.55. The molecule has 148 valence electrons. The van der Waals surface area contributed by atoms with Crippen LogP contribution in [-0.2, 0) is 29.3 Å². The summed E-state index contributed by atoms with van der Waals surface area (Å²) in [6.45, 7) is 1.49. The number of ether oxygens (including phenoxy) is 2. The Morgan fingerprint density at radius 3 is 2.41 bits per heavy atom. The maximum Gasteiger partial charge on any atom is 0.244 e. The predicted molar refractivity (Wildman–Crippen MR) is 113 cm³/mol. The Balaban J connectivity index is 1.44. The highest BCUT2D eigenvalue weighted by atomic mass is 16.5. The maximum atomic E-state index is 12.0. The molecule has 5 heteroatoms. The molecule has 1 amide bonds. The van der Waals surface area contributed by atoms with Crippen molar-refractivity contribution in [2.24, 2.45) is 0 Å². The van der Waals surface area contributed by atoms with E-state index in [1.807, 2.05) is 66.7 Å². The molecule has 2 aromatic carbocycles. The van der Waals surface area contributed by atoms with Crippen LogP contribution in [0, 0.1) is 0 Å². The first-order chi connectivity index (χ1) is 14.2. The van der Waals surface area contributed by atoms with E-state index in [2.05, 4.69) is 10.3 Å². The van der Waals surface area contributed by atoms with Crippen LogP contribution in [0.15, 0.2) is 79.0 Å². The first kappa shape index (κ1) is 20.3. The largest absolute Gasteiger partial charge is 0.487 e. The molecule has 0 bridgehead atoms. The second-order valence-corrected chi connectivity index (χ2v) is 6.48. The van der Waals surface area contributed by atoms with E-state index in [-0.39, 0.29) is 5.91 Å². The standard InChI is InChI=1S/C24H24N2O3/c1-28-17-21-7-5-20(6-8-21)16-26-24(27)14-11-19-9-12-23(13-10-19)29-18-22-4-2-3-15-25-22/h2-15H,16-18H2,1H3,(H,26,27)/b14-11+. The average Bonchev–Trinajstić information content (AvgIpc) is 2.77. The molecular weight excluding hydrogens is 364 g/mol. The summed E-state index contributed by atoms with van der Waals surface area (Å²) in [5.41, 5.74) is 3.95. The van der Waals surface area contributed by atoms with Gasteiger partial charge in [0.05, 0.1) is 12.3 Å². The highest BCUT2D eigenvalue weighted by molar-refractivity contribution is 5.91. The molecule has 0 aliphatic carbocycles. The molecule has 0 unspecified atom stereocenters. The molecule has 0 aliphatic heterocycles. The fourth-order valence-electron chi connectivity index (χ4n) is 2.66. The molecular formula is C24H24N2O3. The zero-order valence-electron chi connectivity index (χ0n) is 16.4. The van der Waals surface area contributed by atoms with E-state index < -0.39 is 0 Å². The summed E-state index contributed by atoms with van der Waals surface area (Å²) in [6, 6.07) is 21.3. The van der Waals surface area contributed by atoms with Crippen LogP contribution in [-0.4, -0.2) is 18.0 Å². The lowest BCUT2D eigenvalue weighted by atomic mass is 10.1. The number of rotatable bonds is 9. The maximum absolute atomic E-state index is 12.0. The zero-order chi connectivity index (χ0) is 20.3. The van der Waals surface area contributed by atoms with E-state index in [9.17, 15) is 4.79 Å². The van der Waals surface area contributed by atoms with Crippen molar-refractivity contribution in [2.45, 2.75) is 19.8 Å². The number of nitrogens with zero attached hydrogens (tertiary/aromatic N) is 1. The molecule has 1 N–H and O–H groups in total. The van der Waals surface area contributed by atoms with Crippen LogP contribution < -0.4 is 10.1 Å². The third kappa shape index (κ3) is 6.90. The summed E-state index contributed by atoms with van der Waals surface area (Å²) in [5, 5.41) is 2.88. The number of methoxy groups -OCH3 is 1. The minimum atomic E-state index is -0.138. The van der Waals surface area contributed by atoms with Gasteiger partial charge < -0.3 is 14.8 Å². The van der Waals surface area contributed by atoms with Gasteiger partial charge in [-0.15, -0.1) is 0 Å². The summed E-state index contributed by atoms with van der Waals surface area (Å²) in [4.78, 5) is 16.3. The van der Waals surface area contributed by atoms with Gasteiger partial charge in [0.15, 0.2) is 0 Å². The van der Waals surface area contributed by atoms with Crippen LogP contribution in [0.5, 0.6) is 5.75 Å². The van der Waals surface area contributed by atoms with Crippen molar-refractivity contribution in [1.82, 2.24) is 10.3 Å². The summed E-state index contributed by atoms with van der Waals surface area (Å²) in [5.74, 6) is 0.621. The van der Waals surface area contributed by atoms with Gasteiger partial charge >= 0.3 is 0 Å². The molecule has 0 spiro atoms. The van der Waals surface area contributed by atoms with Gasteiger partial charge in [0.25, 0.3) is 0 Å². The van der Waals surface area contributed by atoms with E-state index >= 15 is 0 Å². The monoisotopic (exact) mass is 388 g/mol. The lowest BCUT2D eigenvalue weighted by molar-refractivity contribution is -0.116. The smallest absolute Gasteiger partial charge is 0.244 e. The highest BCUT2D eigenvalue weighted by Crippen LogP contribution is 2.14. The first-order valence-electron chi connectivity index (χ1n) is 9.38. The summed E-state index contributed by atoms with van der Waals surface area (Å²) in [7, 11) is 1.67. The van der Waals surface area contributed by atoms with Gasteiger partial charge in [-0.2, -0.15) is 0 Å². The topological polar surface area (TPSA) is 60.5 Å². The number of hydrogen-bond donors (Lipinski definition) is 1. The summed E-state index contributed by atoms with van der Waals surface area (Å²) in [6.07, 6.45) is 5.05. The Labute approximate surface area is 171 Å². The number of hydrogen-bond acceptors (Lipinski definition) is 4. The fourth-order valence-corrected chi connectivity index (χ4v) is 2.66. The van der Waals surface area contributed by atoms with Crippen molar-refractivity contribution in [3.8, 4) is 5.75 Å². The van der Waals surface area contributed by atoms with Gasteiger partial charge in [-0.25, -0.2) is 0 Å². The SMILES string of the molecule is COCc1ccc(CNC(=O)/C=C/c2ccc(OCc3ccccn3)cc2)cc1. The second kappa shape index (κ2) is 10.8. The Morgan fingerprint density at radius 1 is 0.966 bits per heavy atom. The van der Waals surface area contributed by atoms with Gasteiger partial charge in [-0.3, -0.25) is 9.78 Å². The lowest BCUT2D eigenvalue weighted by Crippen LogP contribution is -2.20. The lowest BCUT2D eigenvalue weighted by Gasteiger charge is -2.06. The number of carbonyl (C=O) groups is 1. The Bertz CT molecular complexity index is 921. The third-order valence-corrected chi connectivity index (χ3v) is 4.22. The van der Waals surface area contributed by atoms with E-state index in [0.29, 0.717) is 19.8 Å². The van der Waals surface area contributed by atoms with E-state index in [0.717, 1.165) is 28.1 Å². The van der Waals surface area contributed by atoms with Gasteiger partial charge in [-0.05, 0) is 47.0 Å². The van der Waals surface area contributed by atoms with Gasteiger partial charge in [0, 0.05) is 25.9 Å². The van der Waals surface area contributed by atoms with E-state index in [4.69, 9.17) is 9.47 Å². The molecule has 0 radical (unpaired) electrons. The molecule has 1 heterocycles. The molecule has 0 atom stereocenters. The van der Waals surface area contributed by atoms with E-state index in [1.54, 1.807) is 19.4 Å². The third-order valence-electron chi connectivity index (χ3n) is 4.22. The predicted octanol–water partition coefficient (Wildman–Crippen LogP) is 4.14. The zero-order valence-corrected chi connectivity index (χ0v) is 16.4. The highest BCUT2D eigenvalue weighted by Gasteiger charge is 1.99. The van der Waals surface area contributed by atoms with Crippen LogP contribution in [0.25, 0.3) is 6.08 Å². The molecule has 0 fully saturated rings. The number of nitrogens with one attached hydrogen (secondary N) is 1. The van der Waals surface area contributed by atoms with Crippen molar-refractivity contribution in [1.29, 1.82) is 0 Å². The van der Waals surface area contributed by atoms with Crippen LogP contribution in [0.1, 0.15) is 22.4 Å². The molecule has 0 saturated carbocycles.